The van der Waals surface area contributed by atoms with E-state index in [1.807, 2.05) is 0 Å². The van der Waals surface area contributed by atoms with Crippen molar-refractivity contribution < 1.29 is 21.6 Å². The molecular formula is C17H34N2O4S2. The number of sulfone groups is 2. The highest BCUT2D eigenvalue weighted by Crippen LogP contribution is 2.29. The van der Waals surface area contributed by atoms with Crippen molar-refractivity contribution in [2.45, 2.75) is 102 Å². The molecule has 0 aliphatic rings. The summed E-state index contributed by atoms with van der Waals surface area (Å²) < 4.78 is 49.1. The molecule has 0 spiro atoms. The van der Waals surface area contributed by atoms with Gasteiger partial charge in [-0.2, -0.15) is 4.79 Å². The maximum absolute atomic E-state index is 13.0. The van der Waals surface area contributed by atoms with Gasteiger partial charge in [0.25, 0.3) is 9.84 Å². The minimum Gasteiger partial charge on any atom is -0.360 e. The van der Waals surface area contributed by atoms with Crippen LogP contribution in [0.1, 0.15) is 87.0 Å². The first kappa shape index (κ1) is 24.3. The molecular weight excluding hydrogens is 360 g/mol. The Morgan fingerprint density at radius 3 is 1.72 bits per heavy atom. The fourth-order valence-corrected chi connectivity index (χ4v) is 5.98. The average molecular weight is 395 g/mol. The predicted octanol–water partition coefficient (Wildman–Crippen LogP) is 3.77. The summed E-state index contributed by atoms with van der Waals surface area (Å²) in [4.78, 5) is 2.97. The Hall–Kier alpha value is -0.720. The van der Waals surface area contributed by atoms with Crippen LogP contribution in [0.3, 0.4) is 0 Å². The largest absolute Gasteiger partial charge is 0.399 e. The first-order chi connectivity index (χ1) is 11.1. The van der Waals surface area contributed by atoms with Crippen LogP contribution < -0.4 is 0 Å². The van der Waals surface area contributed by atoms with Gasteiger partial charge in [0.05, 0.1) is 9.49 Å². The maximum atomic E-state index is 13.0. The van der Waals surface area contributed by atoms with E-state index < -0.39 is 39.5 Å². The van der Waals surface area contributed by atoms with E-state index in [9.17, 15) is 22.4 Å². The molecule has 0 aliphatic carbocycles. The van der Waals surface area contributed by atoms with Crippen molar-refractivity contribution in [3.8, 4) is 0 Å². The zero-order chi connectivity index (χ0) is 20.1. The molecule has 8 heteroatoms. The third-order valence-corrected chi connectivity index (χ3v) is 9.85. The third kappa shape index (κ3) is 5.90. The fraction of sp³-hybridized carbons (Fsp3) is 0.941. The van der Waals surface area contributed by atoms with Gasteiger partial charge in [0.2, 0.25) is 0 Å². The Labute approximate surface area is 153 Å². The molecule has 0 aromatic heterocycles. The van der Waals surface area contributed by atoms with Gasteiger partial charge < -0.3 is 5.53 Å². The van der Waals surface area contributed by atoms with Crippen molar-refractivity contribution in [1.82, 2.24) is 0 Å². The SMILES string of the molecule is CCCCCCCC(C(=[N+]=[N-])S(=O)(=O)C(C)(C)C)S(=O)(=O)C(C)(C)C. The van der Waals surface area contributed by atoms with E-state index in [1.165, 1.54) is 41.5 Å². The van der Waals surface area contributed by atoms with Gasteiger partial charge in [-0.3, -0.25) is 0 Å². The van der Waals surface area contributed by atoms with Crippen molar-refractivity contribution in [1.29, 1.82) is 0 Å². The van der Waals surface area contributed by atoms with E-state index in [0.29, 0.717) is 6.42 Å². The summed E-state index contributed by atoms with van der Waals surface area (Å²) in [5, 5.41) is -1.96. The standard InChI is InChI=1S/C17H34N2O4S2/c1-8-9-10-11-12-13-14(24(20,21)16(2,3)4)15(19-18)25(22,23)17(5,6)7/h14H,8-13H2,1-7H3. The highest BCUT2D eigenvalue weighted by Gasteiger charge is 2.52. The normalized spacial score (nSPS) is 14.8. The monoisotopic (exact) mass is 394 g/mol. The quantitative estimate of drug-likeness (QED) is 0.205. The van der Waals surface area contributed by atoms with E-state index in [4.69, 9.17) is 0 Å². The van der Waals surface area contributed by atoms with Crippen LogP contribution in [0.5, 0.6) is 0 Å². The van der Waals surface area contributed by atoms with Gasteiger partial charge in [-0.1, -0.05) is 39.0 Å². The molecule has 6 nitrogen and oxygen atoms in total. The Bertz CT molecular complexity index is 690. The molecule has 0 rings (SSSR count). The summed E-state index contributed by atoms with van der Waals surface area (Å²) in [6.07, 6.45) is 4.61. The van der Waals surface area contributed by atoms with Crippen LogP contribution in [-0.4, -0.2) is 41.4 Å². The number of nitrogens with zero attached hydrogens (tertiary/aromatic N) is 2. The smallest absolute Gasteiger partial charge is 0.360 e. The Balaban J connectivity index is 5.94. The molecule has 25 heavy (non-hydrogen) atoms. The molecule has 0 aromatic carbocycles. The van der Waals surface area contributed by atoms with Gasteiger partial charge in [0.1, 0.15) is 0 Å². The molecule has 1 unspecified atom stereocenters. The lowest BCUT2D eigenvalue weighted by molar-refractivity contribution is -0.00337. The van der Waals surface area contributed by atoms with Crippen LogP contribution in [-0.2, 0) is 19.7 Å². The van der Waals surface area contributed by atoms with Gasteiger partial charge >= 0.3 is 5.04 Å². The van der Waals surface area contributed by atoms with Crippen LogP contribution in [0.15, 0.2) is 0 Å². The summed E-state index contributed by atoms with van der Waals surface area (Å²) in [5.74, 6) is 0. The molecule has 0 amide bonds. The minimum atomic E-state index is -4.06. The lowest BCUT2D eigenvalue weighted by Crippen LogP contribution is -2.48. The van der Waals surface area contributed by atoms with Crippen LogP contribution in [0.2, 0.25) is 0 Å². The first-order valence-corrected chi connectivity index (χ1v) is 11.9. The zero-order valence-corrected chi connectivity index (χ0v) is 18.3. The molecule has 0 heterocycles. The van der Waals surface area contributed by atoms with Gasteiger partial charge in [-0.25, -0.2) is 16.8 Å². The Morgan fingerprint density at radius 2 is 1.36 bits per heavy atom. The van der Waals surface area contributed by atoms with E-state index in [2.05, 4.69) is 11.7 Å². The molecule has 1 atom stereocenters. The molecule has 0 N–H and O–H groups in total. The summed E-state index contributed by atoms with van der Waals surface area (Å²) in [7, 11) is -7.91. The van der Waals surface area contributed by atoms with Gasteiger partial charge in [0, 0.05) is 0 Å². The third-order valence-electron chi connectivity index (χ3n) is 4.25. The van der Waals surface area contributed by atoms with E-state index in [-0.39, 0.29) is 6.42 Å². The van der Waals surface area contributed by atoms with Crippen molar-refractivity contribution in [2.24, 2.45) is 0 Å². The number of rotatable bonds is 8. The lowest BCUT2D eigenvalue weighted by Gasteiger charge is -2.26. The molecule has 0 fully saturated rings. The molecule has 0 radical (unpaired) electrons. The van der Waals surface area contributed by atoms with Crippen molar-refractivity contribution in [2.75, 3.05) is 0 Å². The van der Waals surface area contributed by atoms with Gasteiger partial charge in [-0.15, -0.1) is 0 Å². The van der Waals surface area contributed by atoms with E-state index in [1.54, 1.807) is 0 Å². The molecule has 0 aromatic rings. The number of unbranched alkanes of at least 4 members (excludes halogenated alkanes) is 4. The maximum Gasteiger partial charge on any atom is 0.399 e. The molecule has 0 aliphatic heterocycles. The van der Waals surface area contributed by atoms with Crippen LogP contribution in [0, 0.1) is 0 Å². The second kappa shape index (κ2) is 8.78. The van der Waals surface area contributed by atoms with E-state index in [0.717, 1.165) is 25.7 Å². The highest BCUT2D eigenvalue weighted by molar-refractivity contribution is 8.09. The topological polar surface area (TPSA) is 105 Å². The second-order valence-corrected chi connectivity index (χ2v) is 13.9. The van der Waals surface area contributed by atoms with Crippen molar-refractivity contribution >= 4 is 24.7 Å². The van der Waals surface area contributed by atoms with Gasteiger partial charge in [-0.05, 0) is 48.0 Å². The molecule has 148 valence electrons. The molecule has 0 saturated heterocycles. The Kier molecular flexibility index (Phi) is 8.53. The first-order valence-electron chi connectivity index (χ1n) is 8.84. The van der Waals surface area contributed by atoms with Gasteiger partial charge in [0.15, 0.2) is 15.1 Å². The van der Waals surface area contributed by atoms with Crippen LogP contribution in [0.4, 0.5) is 0 Å². The summed E-state index contributed by atoms with van der Waals surface area (Å²) >= 11 is 0. The summed E-state index contributed by atoms with van der Waals surface area (Å²) in [6.45, 7) is 11.1. The van der Waals surface area contributed by atoms with Crippen molar-refractivity contribution in [3.63, 3.8) is 0 Å². The summed E-state index contributed by atoms with van der Waals surface area (Å²) in [6, 6.07) is 0. The predicted molar refractivity (Wildman–Crippen MR) is 103 cm³/mol. The van der Waals surface area contributed by atoms with Crippen LogP contribution >= 0.6 is 0 Å². The number of hydrogen-bond donors (Lipinski definition) is 0. The lowest BCUT2D eigenvalue weighted by atomic mass is 10.1. The van der Waals surface area contributed by atoms with Crippen molar-refractivity contribution in [3.05, 3.63) is 5.53 Å². The fourth-order valence-electron chi connectivity index (χ4n) is 2.38. The zero-order valence-electron chi connectivity index (χ0n) is 16.7. The second-order valence-electron chi connectivity index (χ2n) is 8.40. The Morgan fingerprint density at radius 1 is 0.880 bits per heavy atom. The summed E-state index contributed by atoms with van der Waals surface area (Å²) in [5.41, 5.74) is 9.41. The molecule has 0 saturated carbocycles. The molecule has 0 bridgehead atoms. The average Bonchev–Trinajstić information content (AvgIpc) is 2.43. The number of hydrogen-bond acceptors (Lipinski definition) is 4. The highest BCUT2D eigenvalue weighted by atomic mass is 32.2. The minimum absolute atomic E-state index is 0.137. The van der Waals surface area contributed by atoms with Crippen LogP contribution in [0.25, 0.3) is 5.53 Å². The van der Waals surface area contributed by atoms with E-state index >= 15 is 0 Å².